The monoisotopic (exact) mass is 1250 g/mol. The van der Waals surface area contributed by atoms with Gasteiger partial charge in [-0.1, -0.05) is 221 Å². The van der Waals surface area contributed by atoms with Crippen LogP contribution in [0.2, 0.25) is 0 Å². The zero-order valence-corrected chi connectivity index (χ0v) is 53.4. The van der Waals surface area contributed by atoms with E-state index >= 15 is 0 Å². The molecule has 3 aliphatic rings. The van der Waals surface area contributed by atoms with E-state index in [1.807, 2.05) is 18.2 Å². The topological polar surface area (TPSA) is 307 Å². The summed E-state index contributed by atoms with van der Waals surface area (Å²) in [6.45, 7) is 1.52. The normalized spacial score (nSPS) is 28.9. The van der Waals surface area contributed by atoms with Crippen LogP contribution in [0.5, 0.6) is 0 Å². The molecule has 19 heteroatoms. The minimum atomic E-state index is -1.99. The summed E-state index contributed by atoms with van der Waals surface area (Å²) in [5.74, 6) is -0.372. The number of carbonyl (C=O) groups is 1. The molecule has 3 heterocycles. The Bertz CT molecular complexity index is 1930. The highest BCUT2D eigenvalue weighted by molar-refractivity contribution is 5.76. The van der Waals surface area contributed by atoms with Crippen LogP contribution in [0.1, 0.15) is 213 Å². The number of rotatable bonds is 50. The number of hydrogen-bond donors (Lipinski definition) is 12. The highest BCUT2D eigenvalue weighted by atomic mass is 16.8. The van der Waals surface area contributed by atoms with Gasteiger partial charge in [-0.25, -0.2) is 0 Å². The van der Waals surface area contributed by atoms with Crippen LogP contribution in [0, 0.1) is 0 Å². The molecule has 508 valence electrons. The second-order valence-corrected chi connectivity index (χ2v) is 23.9. The fraction of sp³-hybridized carbons (Fsp3) is 0.783. The molecule has 0 aromatic rings. The average Bonchev–Trinajstić information content (AvgIpc) is 1.80. The molecule has 1 amide bonds. The molecule has 17 unspecified atom stereocenters. The maximum Gasteiger partial charge on any atom is 0.220 e. The van der Waals surface area contributed by atoms with Gasteiger partial charge in [0, 0.05) is 6.42 Å². The number of aliphatic hydroxyl groups excluding tert-OH is 11. The third-order valence-electron chi connectivity index (χ3n) is 16.4. The quantitative estimate of drug-likeness (QED) is 0.0201. The van der Waals surface area contributed by atoms with Crippen LogP contribution in [0.3, 0.4) is 0 Å². The molecule has 12 N–H and O–H groups in total. The number of unbranched alkanes of at least 4 members (excludes halogenated alkanes) is 22. The van der Waals surface area contributed by atoms with Crippen LogP contribution in [0.15, 0.2) is 85.1 Å². The highest BCUT2D eigenvalue weighted by Crippen LogP contribution is 2.33. The van der Waals surface area contributed by atoms with Gasteiger partial charge in [-0.05, 0) is 70.6 Å². The highest BCUT2D eigenvalue weighted by Gasteiger charge is 2.53. The smallest absolute Gasteiger partial charge is 0.220 e. The number of nitrogens with one attached hydrogen (secondary N) is 1. The summed E-state index contributed by atoms with van der Waals surface area (Å²) in [7, 11) is 0. The molecule has 0 aliphatic carbocycles. The van der Waals surface area contributed by atoms with E-state index in [1.54, 1.807) is 6.08 Å². The van der Waals surface area contributed by atoms with E-state index in [4.69, 9.17) is 28.4 Å². The molecular weight excluding hydrogens is 1130 g/mol. The molecule has 88 heavy (non-hydrogen) atoms. The van der Waals surface area contributed by atoms with Crippen LogP contribution in [0.4, 0.5) is 0 Å². The van der Waals surface area contributed by atoms with Crippen molar-refractivity contribution in [3.8, 4) is 0 Å². The molecule has 0 aromatic heterocycles. The Labute approximate surface area is 527 Å². The second kappa shape index (κ2) is 50.5. The molecule has 3 saturated heterocycles. The zero-order valence-electron chi connectivity index (χ0n) is 53.4. The Hall–Kier alpha value is -3.03. The minimum absolute atomic E-state index is 0.106. The van der Waals surface area contributed by atoms with Gasteiger partial charge in [0.2, 0.25) is 5.91 Å². The fourth-order valence-electron chi connectivity index (χ4n) is 10.9. The van der Waals surface area contributed by atoms with Gasteiger partial charge in [0.25, 0.3) is 0 Å². The van der Waals surface area contributed by atoms with Gasteiger partial charge in [-0.3, -0.25) is 4.79 Å². The summed E-state index contributed by atoms with van der Waals surface area (Å²) in [5.41, 5.74) is 0. The Balaban J connectivity index is 1.44. The molecule has 0 radical (unpaired) electrons. The van der Waals surface area contributed by atoms with E-state index in [1.165, 1.54) is 128 Å². The third-order valence-corrected chi connectivity index (χ3v) is 16.4. The predicted octanol–water partition coefficient (Wildman–Crippen LogP) is 8.32. The van der Waals surface area contributed by atoms with Crippen LogP contribution in [-0.2, 0) is 33.2 Å². The van der Waals surface area contributed by atoms with Crippen LogP contribution >= 0.6 is 0 Å². The van der Waals surface area contributed by atoms with Gasteiger partial charge >= 0.3 is 0 Å². The Morgan fingerprint density at radius 1 is 0.420 bits per heavy atom. The molecule has 3 rings (SSSR count). The van der Waals surface area contributed by atoms with Crippen molar-refractivity contribution in [3.05, 3.63) is 85.1 Å². The third kappa shape index (κ3) is 32.5. The molecule has 3 aliphatic heterocycles. The van der Waals surface area contributed by atoms with E-state index in [9.17, 15) is 61.0 Å². The summed E-state index contributed by atoms with van der Waals surface area (Å²) >= 11 is 0. The van der Waals surface area contributed by atoms with Crippen molar-refractivity contribution in [3.63, 3.8) is 0 Å². The number of aliphatic hydroxyl groups is 11. The van der Waals surface area contributed by atoms with E-state index in [0.717, 1.165) is 44.9 Å². The number of amides is 1. The van der Waals surface area contributed by atoms with Gasteiger partial charge in [0.15, 0.2) is 18.9 Å². The first-order valence-electron chi connectivity index (χ1n) is 33.8. The standard InChI is InChI=1S/C69H119NO18/c1-3-5-7-9-11-13-15-17-18-19-20-21-22-23-24-25-26-27-28-29-30-31-32-33-35-36-38-40-42-44-46-53(74)52(70-57(75)47-45-43-41-39-37-34-16-14-12-10-8-6-4-2)51-83-67-63(81)60(78)65(55(49-72)85-67)88-69-64(82)61(79)66(56(50-73)86-69)87-68-62(80)59(77)58(76)54(48-71)84-68/h6,8,12,14,31-32,34,36-38,41,43-44,46,52-56,58-69,71-74,76-82H,3-5,7,9-11,13,15-30,33,35,39-40,42,45,47-51H2,1-2H3,(H,70,75)/b8-6-,14-12-,32-31+,37-34-,38-36+,43-41-,46-44+. The number of allylic oxidation sites excluding steroid dienone is 13. The molecule has 3 fully saturated rings. The Kier molecular flexibility index (Phi) is 45.5. The lowest BCUT2D eigenvalue weighted by Crippen LogP contribution is -2.66. The summed E-state index contributed by atoms with van der Waals surface area (Å²) < 4.78 is 34.2. The first-order chi connectivity index (χ1) is 42.8. The number of hydrogen-bond acceptors (Lipinski definition) is 18. The van der Waals surface area contributed by atoms with Crippen molar-refractivity contribution >= 4 is 5.91 Å². The molecule has 0 spiro atoms. The van der Waals surface area contributed by atoms with Crippen molar-refractivity contribution in [1.82, 2.24) is 5.32 Å². The van der Waals surface area contributed by atoms with E-state index < -0.39 is 131 Å². The number of ether oxygens (including phenoxy) is 6. The van der Waals surface area contributed by atoms with Gasteiger partial charge in [0.05, 0.1) is 38.6 Å². The van der Waals surface area contributed by atoms with E-state index in [2.05, 4.69) is 79.9 Å². The van der Waals surface area contributed by atoms with Crippen LogP contribution < -0.4 is 5.32 Å². The average molecular weight is 1250 g/mol. The Morgan fingerprint density at radius 3 is 1.26 bits per heavy atom. The van der Waals surface area contributed by atoms with Gasteiger partial charge < -0.3 is 89.9 Å². The van der Waals surface area contributed by atoms with Crippen LogP contribution in [0.25, 0.3) is 0 Å². The Morgan fingerprint density at radius 2 is 0.795 bits per heavy atom. The second-order valence-electron chi connectivity index (χ2n) is 23.9. The lowest BCUT2D eigenvalue weighted by molar-refractivity contribution is -0.379. The first-order valence-corrected chi connectivity index (χ1v) is 33.8. The summed E-state index contributed by atoms with van der Waals surface area (Å²) in [6, 6.07) is -1.04. The number of carbonyl (C=O) groups excluding carboxylic acids is 1. The summed E-state index contributed by atoms with van der Waals surface area (Å²) in [4.78, 5) is 13.3. The predicted molar refractivity (Wildman–Crippen MR) is 341 cm³/mol. The summed E-state index contributed by atoms with van der Waals surface area (Å²) in [6.07, 6.45) is 37.6. The molecule has 0 aromatic carbocycles. The summed E-state index contributed by atoms with van der Waals surface area (Å²) in [5, 5.41) is 120. The van der Waals surface area contributed by atoms with Crippen LogP contribution in [-0.4, -0.2) is 193 Å². The lowest BCUT2D eigenvalue weighted by Gasteiger charge is -2.48. The maximum atomic E-state index is 13.3. The van der Waals surface area contributed by atoms with E-state index in [0.29, 0.717) is 19.3 Å². The fourth-order valence-corrected chi connectivity index (χ4v) is 10.9. The molecule has 19 nitrogen and oxygen atoms in total. The van der Waals surface area contributed by atoms with Gasteiger partial charge in [-0.15, -0.1) is 0 Å². The lowest BCUT2D eigenvalue weighted by atomic mass is 9.96. The molecule has 0 bridgehead atoms. The van der Waals surface area contributed by atoms with Gasteiger partial charge in [0.1, 0.15) is 73.2 Å². The zero-order chi connectivity index (χ0) is 64.0. The molecular formula is C69H119NO18. The largest absolute Gasteiger partial charge is 0.394 e. The van der Waals surface area contributed by atoms with E-state index in [-0.39, 0.29) is 12.3 Å². The maximum absolute atomic E-state index is 13.3. The first kappa shape index (κ1) is 79.2. The van der Waals surface area contributed by atoms with Crippen molar-refractivity contribution in [2.24, 2.45) is 0 Å². The molecule has 0 saturated carbocycles. The van der Waals surface area contributed by atoms with Crippen molar-refractivity contribution in [1.29, 1.82) is 0 Å². The van der Waals surface area contributed by atoms with Gasteiger partial charge in [-0.2, -0.15) is 0 Å². The minimum Gasteiger partial charge on any atom is -0.394 e. The van der Waals surface area contributed by atoms with Crippen molar-refractivity contribution < 1.29 is 89.4 Å². The van der Waals surface area contributed by atoms with Crippen molar-refractivity contribution in [2.75, 3.05) is 26.4 Å². The SMILES string of the molecule is CC/C=C\C/C=C\C/C=C\C/C=C\CCC(=O)NC(COC1OC(CO)C(OC2OC(CO)C(OC3OC(CO)C(O)C(O)C3O)C(O)C2O)C(O)C1O)C(O)/C=C/CC/C=C/CC/C=C/CCCCCCCCCCCCCCCCCCCCCC. The molecule has 17 atom stereocenters. The van der Waals surface area contributed by atoms with Crippen molar-refractivity contribution in [2.45, 2.75) is 317 Å².